The summed E-state index contributed by atoms with van der Waals surface area (Å²) in [6.07, 6.45) is 6.63. The van der Waals surface area contributed by atoms with E-state index in [0.717, 1.165) is 38.6 Å². The molecule has 1 aliphatic carbocycles. The SMILES string of the molecule is CCC(=O)NCCC1CCC(C)(NC(=O)Nc2nccc(=O)[nH]2)CC1. The second-order valence-electron chi connectivity index (χ2n) is 6.86. The van der Waals surface area contributed by atoms with Gasteiger partial charge in [-0.15, -0.1) is 0 Å². The van der Waals surface area contributed by atoms with Gasteiger partial charge in [0, 0.05) is 30.8 Å². The standard InChI is InChI=1S/C17H27N5O3/c1-3-13(23)18-10-6-12-4-8-17(2,9-5-12)22-16(25)21-15-19-11-7-14(24)20-15/h7,11-12H,3-6,8-10H2,1-2H3,(H,18,23)(H3,19,20,21,22,24,25). The van der Waals surface area contributed by atoms with Crippen molar-refractivity contribution in [2.75, 3.05) is 11.9 Å². The van der Waals surface area contributed by atoms with Crippen LogP contribution in [0.4, 0.5) is 10.7 Å². The van der Waals surface area contributed by atoms with Gasteiger partial charge in [-0.1, -0.05) is 6.92 Å². The molecule has 1 heterocycles. The fourth-order valence-corrected chi connectivity index (χ4v) is 3.12. The van der Waals surface area contributed by atoms with Crippen molar-refractivity contribution in [3.8, 4) is 0 Å². The number of amides is 3. The van der Waals surface area contributed by atoms with E-state index in [1.807, 2.05) is 13.8 Å². The second-order valence-corrected chi connectivity index (χ2v) is 6.86. The molecule has 0 aliphatic heterocycles. The van der Waals surface area contributed by atoms with Crippen molar-refractivity contribution in [3.05, 3.63) is 22.6 Å². The first kappa shape index (κ1) is 19.0. The van der Waals surface area contributed by atoms with Gasteiger partial charge in [0.1, 0.15) is 0 Å². The van der Waals surface area contributed by atoms with Crippen molar-refractivity contribution in [1.29, 1.82) is 0 Å². The maximum Gasteiger partial charge on any atom is 0.321 e. The molecule has 0 unspecified atom stereocenters. The van der Waals surface area contributed by atoms with Crippen LogP contribution in [-0.2, 0) is 4.79 Å². The highest BCUT2D eigenvalue weighted by Crippen LogP contribution is 2.33. The van der Waals surface area contributed by atoms with E-state index in [1.165, 1.54) is 12.3 Å². The Bertz CT molecular complexity index is 650. The molecule has 1 fully saturated rings. The van der Waals surface area contributed by atoms with Crippen molar-refractivity contribution < 1.29 is 9.59 Å². The number of aromatic nitrogens is 2. The van der Waals surface area contributed by atoms with Gasteiger partial charge < -0.3 is 10.6 Å². The lowest BCUT2D eigenvalue weighted by Gasteiger charge is -2.38. The van der Waals surface area contributed by atoms with Crippen LogP contribution in [0.25, 0.3) is 0 Å². The maximum absolute atomic E-state index is 12.1. The van der Waals surface area contributed by atoms with E-state index in [-0.39, 0.29) is 29.0 Å². The topological polar surface area (TPSA) is 116 Å². The summed E-state index contributed by atoms with van der Waals surface area (Å²) in [4.78, 5) is 41.0. The summed E-state index contributed by atoms with van der Waals surface area (Å²) in [6, 6.07) is 0.916. The number of nitrogens with zero attached hydrogens (tertiary/aromatic N) is 1. The predicted molar refractivity (Wildman–Crippen MR) is 95.3 cm³/mol. The zero-order chi connectivity index (χ0) is 18.3. The Kier molecular flexibility index (Phi) is 6.55. The van der Waals surface area contributed by atoms with Gasteiger partial charge >= 0.3 is 6.03 Å². The Morgan fingerprint density at radius 3 is 2.72 bits per heavy atom. The van der Waals surface area contributed by atoms with E-state index in [9.17, 15) is 14.4 Å². The molecule has 2 rings (SSSR count). The second kappa shape index (κ2) is 8.64. The first-order valence-electron chi connectivity index (χ1n) is 8.81. The van der Waals surface area contributed by atoms with Gasteiger partial charge in [-0.2, -0.15) is 0 Å². The highest BCUT2D eigenvalue weighted by atomic mass is 16.2. The summed E-state index contributed by atoms with van der Waals surface area (Å²) in [6.45, 7) is 4.59. The number of rotatable bonds is 6. The number of aromatic amines is 1. The van der Waals surface area contributed by atoms with Crippen LogP contribution in [-0.4, -0.2) is 34.0 Å². The van der Waals surface area contributed by atoms with E-state index >= 15 is 0 Å². The Morgan fingerprint density at radius 2 is 2.08 bits per heavy atom. The number of carbonyl (C=O) groups excluding carboxylic acids is 2. The van der Waals surface area contributed by atoms with E-state index in [1.54, 1.807) is 0 Å². The van der Waals surface area contributed by atoms with Crippen LogP contribution in [0.1, 0.15) is 52.4 Å². The third-order valence-corrected chi connectivity index (χ3v) is 4.72. The molecule has 0 radical (unpaired) electrons. The average molecular weight is 349 g/mol. The van der Waals surface area contributed by atoms with Gasteiger partial charge in [0.15, 0.2) is 0 Å². The fraction of sp³-hybridized carbons (Fsp3) is 0.647. The molecule has 138 valence electrons. The smallest absolute Gasteiger partial charge is 0.321 e. The summed E-state index contributed by atoms with van der Waals surface area (Å²) in [5.74, 6) is 0.794. The fourth-order valence-electron chi connectivity index (χ4n) is 3.12. The minimum atomic E-state index is -0.370. The average Bonchev–Trinajstić information content (AvgIpc) is 2.56. The van der Waals surface area contributed by atoms with Crippen LogP contribution in [0.15, 0.2) is 17.1 Å². The van der Waals surface area contributed by atoms with Gasteiger partial charge in [0.2, 0.25) is 11.9 Å². The summed E-state index contributed by atoms with van der Waals surface area (Å²) in [7, 11) is 0. The van der Waals surface area contributed by atoms with Crippen LogP contribution >= 0.6 is 0 Å². The quantitative estimate of drug-likeness (QED) is 0.626. The van der Waals surface area contributed by atoms with Crippen molar-refractivity contribution >= 4 is 17.9 Å². The van der Waals surface area contributed by atoms with E-state index in [2.05, 4.69) is 25.9 Å². The van der Waals surface area contributed by atoms with Crippen molar-refractivity contribution in [3.63, 3.8) is 0 Å². The van der Waals surface area contributed by atoms with Gasteiger partial charge in [0.05, 0.1) is 0 Å². The minimum Gasteiger partial charge on any atom is -0.356 e. The zero-order valence-electron chi connectivity index (χ0n) is 14.9. The highest BCUT2D eigenvalue weighted by Gasteiger charge is 2.32. The molecule has 0 bridgehead atoms. The predicted octanol–water partition coefficient (Wildman–Crippen LogP) is 1.76. The third kappa shape index (κ3) is 6.21. The minimum absolute atomic E-state index is 0.0894. The monoisotopic (exact) mass is 349 g/mol. The molecule has 8 heteroatoms. The molecule has 3 amide bonds. The Balaban J connectivity index is 1.75. The first-order chi connectivity index (χ1) is 11.9. The normalized spacial score (nSPS) is 22.9. The maximum atomic E-state index is 12.1. The lowest BCUT2D eigenvalue weighted by molar-refractivity contribution is -0.120. The summed E-state index contributed by atoms with van der Waals surface area (Å²) in [5, 5.41) is 8.45. The molecule has 25 heavy (non-hydrogen) atoms. The summed E-state index contributed by atoms with van der Waals surface area (Å²) >= 11 is 0. The Labute approximate surface area is 147 Å². The van der Waals surface area contributed by atoms with E-state index < -0.39 is 0 Å². The summed E-state index contributed by atoms with van der Waals surface area (Å²) < 4.78 is 0. The van der Waals surface area contributed by atoms with Crippen LogP contribution in [0.3, 0.4) is 0 Å². The van der Waals surface area contributed by atoms with Gasteiger partial charge in [-0.05, 0) is 44.9 Å². The van der Waals surface area contributed by atoms with Gasteiger partial charge in [-0.25, -0.2) is 9.78 Å². The molecular weight excluding hydrogens is 322 g/mol. The molecule has 0 aromatic carbocycles. The zero-order valence-corrected chi connectivity index (χ0v) is 14.9. The Morgan fingerprint density at radius 1 is 1.36 bits per heavy atom. The van der Waals surface area contributed by atoms with E-state index in [4.69, 9.17) is 0 Å². The van der Waals surface area contributed by atoms with Crippen molar-refractivity contribution in [1.82, 2.24) is 20.6 Å². The number of urea groups is 1. The van der Waals surface area contributed by atoms with E-state index in [0.29, 0.717) is 12.3 Å². The van der Waals surface area contributed by atoms with Crippen molar-refractivity contribution in [2.45, 2.75) is 57.9 Å². The molecule has 1 aliphatic rings. The van der Waals surface area contributed by atoms with Gasteiger partial charge in [-0.3, -0.25) is 19.9 Å². The number of H-pyrrole nitrogens is 1. The van der Waals surface area contributed by atoms with Gasteiger partial charge in [0.25, 0.3) is 5.56 Å². The van der Waals surface area contributed by atoms with Crippen molar-refractivity contribution in [2.24, 2.45) is 5.92 Å². The molecular formula is C17H27N5O3. The number of hydrogen-bond acceptors (Lipinski definition) is 4. The Hall–Kier alpha value is -2.38. The number of anilines is 1. The van der Waals surface area contributed by atoms with Crippen LogP contribution in [0, 0.1) is 5.92 Å². The molecule has 1 aromatic rings. The number of hydrogen-bond donors (Lipinski definition) is 4. The lowest BCUT2D eigenvalue weighted by atomic mass is 9.76. The molecule has 1 aromatic heterocycles. The number of nitrogens with one attached hydrogen (secondary N) is 4. The highest BCUT2D eigenvalue weighted by molar-refractivity contribution is 5.87. The van der Waals surface area contributed by atoms with Crippen LogP contribution < -0.4 is 21.5 Å². The first-order valence-corrected chi connectivity index (χ1v) is 8.81. The number of carbonyl (C=O) groups is 2. The molecule has 4 N–H and O–H groups in total. The molecule has 0 atom stereocenters. The van der Waals surface area contributed by atoms with Crippen LogP contribution in [0.2, 0.25) is 0 Å². The third-order valence-electron chi connectivity index (χ3n) is 4.72. The van der Waals surface area contributed by atoms with Crippen LogP contribution in [0.5, 0.6) is 0 Å². The molecule has 0 saturated heterocycles. The molecule has 8 nitrogen and oxygen atoms in total. The molecule has 0 spiro atoms. The summed E-state index contributed by atoms with van der Waals surface area (Å²) in [5.41, 5.74) is -0.588. The largest absolute Gasteiger partial charge is 0.356 e. The molecule has 1 saturated carbocycles. The lowest BCUT2D eigenvalue weighted by Crippen LogP contribution is -2.50.